The number of aryl methyl sites for hydroxylation is 3. The van der Waals surface area contributed by atoms with Gasteiger partial charge in [0.15, 0.2) is 5.13 Å². The highest BCUT2D eigenvalue weighted by molar-refractivity contribution is 7.16. The van der Waals surface area contributed by atoms with Gasteiger partial charge in [-0.3, -0.25) is 4.79 Å². The molecule has 204 valence electrons. The van der Waals surface area contributed by atoms with Crippen LogP contribution in [0.5, 0.6) is 0 Å². The lowest BCUT2D eigenvalue weighted by atomic mass is 9.48. The highest BCUT2D eigenvalue weighted by atomic mass is 32.1. The molecule has 0 unspecified atom stereocenters. The van der Waals surface area contributed by atoms with Gasteiger partial charge in [0.2, 0.25) is 0 Å². The van der Waals surface area contributed by atoms with Crippen LogP contribution in [-0.2, 0) is 16.0 Å². The van der Waals surface area contributed by atoms with Crippen LogP contribution < -0.4 is 5.32 Å². The van der Waals surface area contributed by atoms with Crippen molar-refractivity contribution >= 4 is 33.7 Å². The number of aromatic nitrogens is 1. The molecule has 0 bridgehead atoms. The van der Waals surface area contributed by atoms with Gasteiger partial charge < -0.3 is 10.1 Å². The van der Waals surface area contributed by atoms with E-state index in [1.54, 1.807) is 5.57 Å². The second kappa shape index (κ2) is 9.80. The standard InChI is InChI=1S/C33H44N2O2S/c1-6-7-8-29(36)37-28-14-12-23-22-10-11-25-30-27(16-18-32(25,4)24(22)15-17-33(23,28)5)35-31(38-30)34-26-13-9-20(2)19-21(26)3/h9,11,13,19,22-24,28H,6-8,10,12,14-18H2,1-5H3,(H,34,35)/t22-,23-,24-,28-,32+,33-/m0/s1. The van der Waals surface area contributed by atoms with Crippen molar-refractivity contribution in [2.75, 3.05) is 5.32 Å². The number of thiazole rings is 1. The van der Waals surface area contributed by atoms with E-state index in [4.69, 9.17) is 9.72 Å². The number of nitrogens with zero attached hydrogens (tertiary/aromatic N) is 1. The number of ether oxygens (including phenoxy) is 1. The third kappa shape index (κ3) is 4.24. The Labute approximate surface area is 232 Å². The Kier molecular flexibility index (Phi) is 6.73. The Morgan fingerprint density at radius 1 is 1.16 bits per heavy atom. The zero-order valence-corrected chi connectivity index (χ0v) is 24.7. The number of unbranched alkanes of at least 4 members (excludes halogenated alkanes) is 1. The Bertz CT molecular complexity index is 1260. The number of carbonyl (C=O) groups excluding carboxylic acids is 1. The fraction of sp³-hybridized carbons (Fsp3) is 0.636. The highest BCUT2D eigenvalue weighted by Crippen LogP contribution is 2.66. The summed E-state index contributed by atoms with van der Waals surface area (Å²) in [6.45, 7) is 11.4. The van der Waals surface area contributed by atoms with Gasteiger partial charge in [-0.2, -0.15) is 0 Å². The molecule has 0 spiro atoms. The Morgan fingerprint density at radius 3 is 2.79 bits per heavy atom. The van der Waals surface area contributed by atoms with Crippen molar-refractivity contribution in [1.29, 1.82) is 0 Å². The minimum atomic E-state index is 0.0221. The van der Waals surface area contributed by atoms with Gasteiger partial charge in [-0.1, -0.05) is 62.3 Å². The van der Waals surface area contributed by atoms with E-state index in [9.17, 15) is 4.79 Å². The second-order valence-electron chi connectivity index (χ2n) is 13.1. The molecule has 1 aromatic carbocycles. The monoisotopic (exact) mass is 532 g/mol. The van der Waals surface area contributed by atoms with E-state index < -0.39 is 0 Å². The number of anilines is 2. The van der Waals surface area contributed by atoms with Crippen molar-refractivity contribution in [1.82, 2.24) is 4.98 Å². The van der Waals surface area contributed by atoms with Crippen molar-refractivity contribution < 1.29 is 9.53 Å². The van der Waals surface area contributed by atoms with Gasteiger partial charge in [0.1, 0.15) is 6.10 Å². The summed E-state index contributed by atoms with van der Waals surface area (Å²) in [4.78, 5) is 19.0. The zero-order chi connectivity index (χ0) is 26.7. The molecule has 4 aliphatic carbocycles. The first-order valence-corrected chi connectivity index (χ1v) is 15.8. The molecule has 4 nitrogen and oxygen atoms in total. The number of allylic oxidation sites excluding steroid dienone is 2. The van der Waals surface area contributed by atoms with Crippen molar-refractivity contribution in [3.63, 3.8) is 0 Å². The zero-order valence-electron chi connectivity index (χ0n) is 23.9. The number of hydrogen-bond donors (Lipinski definition) is 1. The predicted molar refractivity (Wildman–Crippen MR) is 157 cm³/mol. The van der Waals surface area contributed by atoms with E-state index in [-0.39, 0.29) is 22.9 Å². The number of carbonyl (C=O) groups is 1. The highest BCUT2D eigenvalue weighted by Gasteiger charge is 2.60. The summed E-state index contributed by atoms with van der Waals surface area (Å²) >= 11 is 1.85. The van der Waals surface area contributed by atoms with Crippen LogP contribution in [0.4, 0.5) is 10.8 Å². The van der Waals surface area contributed by atoms with Crippen molar-refractivity contribution in [2.45, 2.75) is 105 Å². The lowest BCUT2D eigenvalue weighted by molar-refractivity contribution is -0.159. The summed E-state index contributed by atoms with van der Waals surface area (Å²) in [5, 5.41) is 4.65. The fourth-order valence-corrected chi connectivity index (χ4v) is 9.88. The van der Waals surface area contributed by atoms with Gasteiger partial charge in [-0.25, -0.2) is 4.98 Å². The minimum Gasteiger partial charge on any atom is -0.462 e. The lowest BCUT2D eigenvalue weighted by Crippen LogP contribution is -2.50. The maximum atomic E-state index is 12.5. The van der Waals surface area contributed by atoms with Crippen LogP contribution in [0, 0.1) is 42.4 Å². The van der Waals surface area contributed by atoms with E-state index in [1.807, 2.05) is 11.3 Å². The lowest BCUT2D eigenvalue weighted by Gasteiger charge is -2.56. The number of hydrogen-bond acceptors (Lipinski definition) is 5. The van der Waals surface area contributed by atoms with Gasteiger partial charge in [0, 0.05) is 17.5 Å². The van der Waals surface area contributed by atoms with Crippen molar-refractivity contribution in [2.24, 2.45) is 28.6 Å². The topological polar surface area (TPSA) is 51.2 Å². The SMILES string of the molecule is CCCCC(=O)O[C@H]1CC[C@H]2[C@@H]3CC=C4c5sc(Nc6ccc(C)cc6C)nc5CC[C@]4(C)[C@H]3CC[C@]12C. The van der Waals surface area contributed by atoms with Gasteiger partial charge >= 0.3 is 5.97 Å². The average molecular weight is 533 g/mol. The molecule has 2 fully saturated rings. The molecular formula is C33H44N2O2S. The van der Waals surface area contributed by atoms with E-state index >= 15 is 0 Å². The third-order valence-corrected chi connectivity index (χ3v) is 11.9. The number of fused-ring (bicyclic) bond motifs is 7. The van der Waals surface area contributed by atoms with Gasteiger partial charge in [-0.15, -0.1) is 0 Å². The summed E-state index contributed by atoms with van der Waals surface area (Å²) in [7, 11) is 0. The van der Waals surface area contributed by atoms with Crippen LogP contribution in [0.2, 0.25) is 0 Å². The summed E-state index contributed by atoms with van der Waals surface area (Å²) in [5.74, 6) is 2.09. The average Bonchev–Trinajstić information content (AvgIpc) is 3.44. The molecule has 0 saturated heterocycles. The van der Waals surface area contributed by atoms with Gasteiger partial charge in [-0.05, 0) is 106 Å². The molecule has 0 aliphatic heterocycles. The second-order valence-corrected chi connectivity index (χ2v) is 14.1. The van der Waals surface area contributed by atoms with E-state index in [0.717, 1.165) is 42.9 Å². The van der Waals surface area contributed by atoms with Crippen LogP contribution in [0.1, 0.15) is 100 Å². The predicted octanol–water partition coefficient (Wildman–Crippen LogP) is 8.79. The molecule has 38 heavy (non-hydrogen) atoms. The molecule has 6 atom stereocenters. The maximum absolute atomic E-state index is 12.5. The van der Waals surface area contributed by atoms with Crippen LogP contribution in [0.3, 0.4) is 0 Å². The van der Waals surface area contributed by atoms with Gasteiger partial charge in [0.25, 0.3) is 0 Å². The van der Waals surface area contributed by atoms with Crippen molar-refractivity contribution in [3.05, 3.63) is 46.0 Å². The van der Waals surface area contributed by atoms with Crippen LogP contribution in [-0.4, -0.2) is 17.1 Å². The molecule has 1 aromatic heterocycles. The summed E-state index contributed by atoms with van der Waals surface area (Å²) in [5.41, 5.74) is 6.91. The smallest absolute Gasteiger partial charge is 0.306 e. The number of esters is 1. The minimum absolute atomic E-state index is 0.0221. The molecule has 0 radical (unpaired) electrons. The van der Waals surface area contributed by atoms with Crippen LogP contribution >= 0.6 is 11.3 Å². The maximum Gasteiger partial charge on any atom is 0.306 e. The van der Waals surface area contributed by atoms with Crippen LogP contribution in [0.15, 0.2) is 24.3 Å². The molecule has 2 saturated carbocycles. The summed E-state index contributed by atoms with van der Waals surface area (Å²) in [6, 6.07) is 6.57. The molecule has 2 aromatic rings. The van der Waals surface area contributed by atoms with Crippen LogP contribution in [0.25, 0.3) is 5.57 Å². The largest absolute Gasteiger partial charge is 0.462 e. The first kappa shape index (κ1) is 26.1. The molecule has 5 heteroatoms. The Morgan fingerprint density at radius 2 is 2.00 bits per heavy atom. The molecule has 1 N–H and O–H groups in total. The first-order chi connectivity index (χ1) is 18.2. The number of nitrogens with one attached hydrogen (secondary N) is 1. The Hall–Kier alpha value is -2.14. The first-order valence-electron chi connectivity index (χ1n) is 15.0. The molecule has 1 heterocycles. The van der Waals surface area contributed by atoms with E-state index in [2.05, 4.69) is 64.2 Å². The normalized spacial score (nSPS) is 33.4. The Balaban J connectivity index is 1.23. The van der Waals surface area contributed by atoms with E-state index in [0.29, 0.717) is 24.2 Å². The number of rotatable bonds is 6. The van der Waals surface area contributed by atoms with E-state index in [1.165, 1.54) is 47.4 Å². The van der Waals surface area contributed by atoms with Crippen molar-refractivity contribution in [3.8, 4) is 0 Å². The third-order valence-electron chi connectivity index (χ3n) is 10.8. The summed E-state index contributed by atoms with van der Waals surface area (Å²) < 4.78 is 6.14. The number of benzene rings is 1. The quantitative estimate of drug-likeness (QED) is 0.378. The van der Waals surface area contributed by atoms with Gasteiger partial charge in [0.05, 0.1) is 10.6 Å². The molecule has 4 aliphatic rings. The molecular weight excluding hydrogens is 488 g/mol. The molecule has 6 rings (SSSR count). The fourth-order valence-electron chi connectivity index (χ4n) is 8.68. The summed E-state index contributed by atoms with van der Waals surface area (Å²) in [6.07, 6.45) is 13.3. The molecule has 0 amide bonds.